The van der Waals surface area contributed by atoms with Crippen LogP contribution in [0, 0.1) is 13.8 Å². The van der Waals surface area contributed by atoms with E-state index in [1.165, 1.54) is 0 Å². The number of hydrogen-bond donors (Lipinski definition) is 1. The summed E-state index contributed by atoms with van der Waals surface area (Å²) in [7, 11) is -3.35. The van der Waals surface area contributed by atoms with Crippen molar-refractivity contribution in [2.75, 3.05) is 19.6 Å². The predicted octanol–water partition coefficient (Wildman–Crippen LogP) is 1.29. The molecule has 0 bridgehead atoms. The van der Waals surface area contributed by atoms with E-state index in [-0.39, 0.29) is 6.04 Å². The zero-order chi connectivity index (χ0) is 13.3. The lowest BCUT2D eigenvalue weighted by molar-refractivity contribution is 0.310. The number of nitrogens with one attached hydrogen (secondary N) is 1. The molecule has 1 aliphatic rings. The fourth-order valence-corrected chi connectivity index (χ4v) is 4.07. The predicted molar refractivity (Wildman–Crippen MR) is 72.1 cm³/mol. The first-order valence-corrected chi connectivity index (χ1v) is 7.65. The molecule has 0 amide bonds. The van der Waals surface area contributed by atoms with Gasteiger partial charge in [-0.05, 0) is 44.0 Å². The minimum atomic E-state index is -3.35. The van der Waals surface area contributed by atoms with Gasteiger partial charge < -0.3 is 5.32 Å². The number of nitrogens with zero attached hydrogens (tertiary/aromatic N) is 1. The lowest BCUT2D eigenvalue weighted by atomic mass is 10.2. The highest BCUT2D eigenvalue weighted by atomic mass is 32.2. The summed E-state index contributed by atoms with van der Waals surface area (Å²) in [6.07, 6.45) is 0. The Kier molecular flexibility index (Phi) is 3.75. The first-order chi connectivity index (χ1) is 8.39. The van der Waals surface area contributed by atoms with Crippen molar-refractivity contribution in [2.24, 2.45) is 0 Å². The topological polar surface area (TPSA) is 49.4 Å². The standard InChI is InChI=1S/C13H20N2O2S/c1-10-6-11(2)8-13(7-10)18(16,17)15-5-4-14-12(3)9-15/h6-8,12,14H,4-5,9H2,1-3H3. The van der Waals surface area contributed by atoms with Gasteiger partial charge in [0.1, 0.15) is 0 Å². The zero-order valence-electron chi connectivity index (χ0n) is 11.1. The SMILES string of the molecule is Cc1cc(C)cc(S(=O)(=O)N2CCNC(C)C2)c1. The van der Waals surface area contributed by atoms with Crippen molar-refractivity contribution >= 4 is 10.0 Å². The minimum absolute atomic E-state index is 0.208. The Labute approximate surface area is 109 Å². The summed E-state index contributed by atoms with van der Waals surface area (Å²) in [6.45, 7) is 7.64. The average Bonchev–Trinajstić information content (AvgIpc) is 2.27. The molecule has 1 saturated heterocycles. The lowest BCUT2D eigenvalue weighted by Crippen LogP contribution is -2.51. The molecule has 1 atom stereocenters. The average molecular weight is 268 g/mol. The van der Waals surface area contributed by atoms with Crippen molar-refractivity contribution in [3.63, 3.8) is 0 Å². The van der Waals surface area contributed by atoms with Gasteiger partial charge >= 0.3 is 0 Å². The van der Waals surface area contributed by atoms with Gasteiger partial charge in [0.15, 0.2) is 0 Å². The highest BCUT2D eigenvalue weighted by Gasteiger charge is 2.28. The van der Waals surface area contributed by atoms with E-state index in [0.717, 1.165) is 11.1 Å². The third-order valence-electron chi connectivity index (χ3n) is 3.16. The molecule has 2 rings (SSSR count). The second-order valence-corrected chi connectivity index (χ2v) is 6.98. The van der Waals surface area contributed by atoms with Crippen LogP contribution in [0.25, 0.3) is 0 Å². The van der Waals surface area contributed by atoms with Gasteiger partial charge in [-0.1, -0.05) is 6.07 Å². The molecule has 1 heterocycles. The molecule has 5 heteroatoms. The summed E-state index contributed by atoms with van der Waals surface area (Å²) in [5.41, 5.74) is 1.97. The molecule has 1 aliphatic heterocycles. The third-order valence-corrected chi connectivity index (χ3v) is 5.01. The molecule has 0 aromatic heterocycles. The van der Waals surface area contributed by atoms with Gasteiger partial charge in [-0.2, -0.15) is 4.31 Å². The molecular weight excluding hydrogens is 248 g/mol. The Morgan fingerprint density at radius 3 is 2.39 bits per heavy atom. The largest absolute Gasteiger partial charge is 0.312 e. The molecule has 1 fully saturated rings. The normalized spacial score (nSPS) is 22.1. The molecule has 0 spiro atoms. The van der Waals surface area contributed by atoms with Gasteiger partial charge in [-0.15, -0.1) is 0 Å². The van der Waals surface area contributed by atoms with Crippen molar-refractivity contribution < 1.29 is 8.42 Å². The maximum Gasteiger partial charge on any atom is 0.243 e. The molecule has 1 aromatic rings. The van der Waals surface area contributed by atoms with E-state index in [9.17, 15) is 8.42 Å². The Morgan fingerprint density at radius 1 is 1.22 bits per heavy atom. The Hall–Kier alpha value is -0.910. The maximum atomic E-state index is 12.5. The molecule has 4 nitrogen and oxygen atoms in total. The van der Waals surface area contributed by atoms with Crippen molar-refractivity contribution in [1.29, 1.82) is 0 Å². The molecule has 18 heavy (non-hydrogen) atoms. The number of sulfonamides is 1. The van der Waals surface area contributed by atoms with E-state index in [0.29, 0.717) is 24.5 Å². The van der Waals surface area contributed by atoms with Crippen LogP contribution in [0.4, 0.5) is 0 Å². The Bertz CT molecular complexity index is 520. The van der Waals surface area contributed by atoms with E-state index in [1.807, 2.05) is 26.8 Å². The van der Waals surface area contributed by atoms with Crippen LogP contribution in [0.5, 0.6) is 0 Å². The van der Waals surface area contributed by atoms with Crippen LogP contribution in [0.1, 0.15) is 18.1 Å². The summed E-state index contributed by atoms with van der Waals surface area (Å²) < 4.78 is 26.6. The molecule has 0 saturated carbocycles. The van der Waals surface area contributed by atoms with Crippen LogP contribution in [-0.2, 0) is 10.0 Å². The van der Waals surface area contributed by atoms with Crippen LogP contribution in [0.15, 0.2) is 23.1 Å². The first kappa shape index (κ1) is 13.5. The highest BCUT2D eigenvalue weighted by molar-refractivity contribution is 7.89. The van der Waals surface area contributed by atoms with Crippen LogP contribution in [0.2, 0.25) is 0 Å². The van der Waals surface area contributed by atoms with Gasteiger partial charge in [-0.3, -0.25) is 0 Å². The highest BCUT2D eigenvalue weighted by Crippen LogP contribution is 2.20. The summed E-state index contributed by atoms with van der Waals surface area (Å²) in [6, 6.07) is 5.68. The van der Waals surface area contributed by atoms with Crippen LogP contribution in [-0.4, -0.2) is 38.4 Å². The number of benzene rings is 1. The Balaban J connectivity index is 2.35. The van der Waals surface area contributed by atoms with Crippen molar-refractivity contribution in [3.8, 4) is 0 Å². The summed E-state index contributed by atoms with van der Waals surface area (Å²) in [5.74, 6) is 0. The van der Waals surface area contributed by atoms with Gasteiger partial charge in [0.25, 0.3) is 0 Å². The fraction of sp³-hybridized carbons (Fsp3) is 0.538. The van der Waals surface area contributed by atoms with E-state index < -0.39 is 10.0 Å². The number of aryl methyl sites for hydroxylation is 2. The number of hydrogen-bond acceptors (Lipinski definition) is 3. The number of piperazine rings is 1. The van der Waals surface area contributed by atoms with Crippen molar-refractivity contribution in [1.82, 2.24) is 9.62 Å². The van der Waals surface area contributed by atoms with Gasteiger partial charge in [0, 0.05) is 25.7 Å². The molecule has 0 aliphatic carbocycles. The molecule has 1 unspecified atom stereocenters. The van der Waals surface area contributed by atoms with E-state index in [2.05, 4.69) is 5.32 Å². The fourth-order valence-electron chi connectivity index (χ4n) is 2.35. The van der Waals surface area contributed by atoms with E-state index >= 15 is 0 Å². The minimum Gasteiger partial charge on any atom is -0.312 e. The molecule has 1 N–H and O–H groups in total. The number of rotatable bonds is 2. The van der Waals surface area contributed by atoms with Gasteiger partial charge in [-0.25, -0.2) is 8.42 Å². The second kappa shape index (κ2) is 4.99. The van der Waals surface area contributed by atoms with Crippen molar-refractivity contribution in [3.05, 3.63) is 29.3 Å². The smallest absolute Gasteiger partial charge is 0.243 e. The summed E-state index contributed by atoms with van der Waals surface area (Å²) in [4.78, 5) is 0.411. The molecule has 1 aromatic carbocycles. The van der Waals surface area contributed by atoms with Crippen molar-refractivity contribution in [2.45, 2.75) is 31.7 Å². The molecular formula is C13H20N2O2S. The second-order valence-electron chi connectivity index (χ2n) is 5.04. The van der Waals surface area contributed by atoms with Gasteiger partial charge in [0.2, 0.25) is 10.0 Å². The third kappa shape index (κ3) is 2.74. The first-order valence-electron chi connectivity index (χ1n) is 6.21. The van der Waals surface area contributed by atoms with E-state index in [4.69, 9.17) is 0 Å². The zero-order valence-corrected chi connectivity index (χ0v) is 11.9. The summed E-state index contributed by atoms with van der Waals surface area (Å²) in [5, 5.41) is 3.25. The van der Waals surface area contributed by atoms with Crippen LogP contribution < -0.4 is 5.32 Å². The Morgan fingerprint density at radius 2 is 1.83 bits per heavy atom. The van der Waals surface area contributed by atoms with Crippen LogP contribution >= 0.6 is 0 Å². The summed E-state index contributed by atoms with van der Waals surface area (Å²) >= 11 is 0. The lowest BCUT2D eigenvalue weighted by Gasteiger charge is -2.31. The van der Waals surface area contributed by atoms with Gasteiger partial charge in [0.05, 0.1) is 4.90 Å². The van der Waals surface area contributed by atoms with Crippen LogP contribution in [0.3, 0.4) is 0 Å². The van der Waals surface area contributed by atoms with E-state index in [1.54, 1.807) is 16.4 Å². The monoisotopic (exact) mass is 268 g/mol. The molecule has 100 valence electrons. The quantitative estimate of drug-likeness (QED) is 0.879. The molecule has 0 radical (unpaired) electrons. The maximum absolute atomic E-state index is 12.5.